The number of hydrogen-bond acceptors (Lipinski definition) is 3. The fraction of sp³-hybridized carbons (Fsp3) is 0.167. The molecule has 4 nitrogen and oxygen atoms in total. The molecule has 0 spiro atoms. The molecule has 0 bridgehead atoms. The number of allylic oxidation sites excluding steroid dienone is 6. The zero-order chi connectivity index (χ0) is 11.5. The average Bonchev–Trinajstić information content (AvgIpc) is 2.83. The van der Waals surface area contributed by atoms with Gasteiger partial charge in [0.05, 0.1) is 16.8 Å². The number of nitrogens with two attached hydrogens (primary N) is 1. The lowest BCUT2D eigenvalue weighted by Crippen LogP contribution is -1.93. The third kappa shape index (κ3) is 2.20. The molecular weight excluding hydrogens is 204 g/mol. The highest BCUT2D eigenvalue weighted by Crippen LogP contribution is 2.16. The molecule has 2 atom stereocenters. The molecule has 0 aromatic carbocycles. The zero-order valence-corrected chi connectivity index (χ0v) is 8.46. The van der Waals surface area contributed by atoms with Crippen LogP contribution in [-0.2, 0) is 0 Å². The molecule has 80 valence electrons. The second-order valence-corrected chi connectivity index (χ2v) is 3.57. The molecule has 0 aliphatic heterocycles. The summed E-state index contributed by atoms with van der Waals surface area (Å²) in [5, 5.41) is 10.5. The van der Waals surface area contributed by atoms with Crippen LogP contribution in [0.15, 0.2) is 47.9 Å². The number of nitrogens with zero attached hydrogens (tertiary/aromatic N) is 1. The quantitative estimate of drug-likeness (QED) is 0.407. The molecule has 2 unspecified atom stereocenters. The largest absolute Gasteiger partial charge is 0.399 e. The Bertz CT molecular complexity index is 501. The van der Waals surface area contributed by atoms with Crippen LogP contribution in [0.2, 0.25) is 0 Å². The van der Waals surface area contributed by atoms with Crippen LogP contribution in [0.5, 0.6) is 0 Å². The van der Waals surface area contributed by atoms with Crippen molar-refractivity contribution in [1.29, 1.82) is 0 Å². The van der Waals surface area contributed by atoms with Gasteiger partial charge in [-0.3, -0.25) is 10.1 Å². The summed E-state index contributed by atoms with van der Waals surface area (Å²) in [6.45, 7) is 0. The topological polar surface area (TPSA) is 69.2 Å². The molecule has 0 heterocycles. The molecule has 2 N–H and O–H groups in total. The minimum Gasteiger partial charge on any atom is -0.399 e. The van der Waals surface area contributed by atoms with Crippen molar-refractivity contribution < 1.29 is 4.92 Å². The van der Waals surface area contributed by atoms with Crippen LogP contribution in [0.4, 0.5) is 0 Å². The van der Waals surface area contributed by atoms with Crippen molar-refractivity contribution >= 4 is 0 Å². The SMILES string of the molecule is NC1=CC(C#CC2C=CC([N+](=O)[O-])=C2)C=C1. The van der Waals surface area contributed by atoms with E-state index in [0.717, 1.165) is 0 Å². The van der Waals surface area contributed by atoms with Crippen LogP contribution in [0, 0.1) is 33.8 Å². The summed E-state index contributed by atoms with van der Waals surface area (Å²) in [6, 6.07) is 0. The van der Waals surface area contributed by atoms with Gasteiger partial charge in [-0.2, -0.15) is 0 Å². The highest BCUT2D eigenvalue weighted by Gasteiger charge is 2.15. The van der Waals surface area contributed by atoms with Gasteiger partial charge in [0.1, 0.15) is 0 Å². The predicted octanol–water partition coefficient (Wildman–Crippen LogP) is 1.37. The van der Waals surface area contributed by atoms with Crippen LogP contribution in [0.3, 0.4) is 0 Å². The van der Waals surface area contributed by atoms with Crippen LogP contribution in [0.25, 0.3) is 0 Å². The van der Waals surface area contributed by atoms with Crippen LogP contribution in [-0.4, -0.2) is 4.92 Å². The second kappa shape index (κ2) is 4.07. The Kier molecular flexibility index (Phi) is 2.61. The van der Waals surface area contributed by atoms with Gasteiger partial charge in [0.15, 0.2) is 0 Å². The Morgan fingerprint density at radius 3 is 2.31 bits per heavy atom. The molecule has 0 saturated heterocycles. The van der Waals surface area contributed by atoms with E-state index in [4.69, 9.17) is 5.73 Å². The van der Waals surface area contributed by atoms with E-state index in [2.05, 4.69) is 11.8 Å². The molecule has 0 radical (unpaired) electrons. The lowest BCUT2D eigenvalue weighted by molar-refractivity contribution is -0.418. The first-order chi connectivity index (χ1) is 7.65. The van der Waals surface area contributed by atoms with Crippen molar-refractivity contribution in [1.82, 2.24) is 0 Å². The zero-order valence-electron chi connectivity index (χ0n) is 8.46. The van der Waals surface area contributed by atoms with Gasteiger partial charge < -0.3 is 5.73 Å². The molecule has 2 rings (SSSR count). The second-order valence-electron chi connectivity index (χ2n) is 3.57. The fourth-order valence-electron chi connectivity index (χ4n) is 1.52. The van der Waals surface area contributed by atoms with E-state index in [0.29, 0.717) is 5.70 Å². The summed E-state index contributed by atoms with van der Waals surface area (Å²) >= 11 is 0. The van der Waals surface area contributed by atoms with Crippen molar-refractivity contribution in [2.75, 3.05) is 0 Å². The van der Waals surface area contributed by atoms with E-state index in [-0.39, 0.29) is 17.5 Å². The van der Waals surface area contributed by atoms with Gasteiger partial charge in [0, 0.05) is 17.8 Å². The summed E-state index contributed by atoms with van der Waals surface area (Å²) in [7, 11) is 0. The van der Waals surface area contributed by atoms with E-state index in [1.807, 2.05) is 18.2 Å². The Balaban J connectivity index is 2.04. The standard InChI is InChI=1S/C12H10N2O2/c13-11-5-3-9(7-11)1-2-10-4-6-12(8-10)14(15)16/h3-10H,13H2. The normalized spacial score (nSPS) is 26.0. The molecule has 4 heteroatoms. The monoisotopic (exact) mass is 214 g/mol. The molecule has 0 fully saturated rings. The van der Waals surface area contributed by atoms with E-state index in [1.165, 1.54) is 6.08 Å². The predicted molar refractivity (Wildman–Crippen MR) is 60.4 cm³/mol. The van der Waals surface area contributed by atoms with E-state index in [9.17, 15) is 10.1 Å². The van der Waals surface area contributed by atoms with Crippen LogP contribution >= 0.6 is 0 Å². The minimum atomic E-state index is -0.411. The summed E-state index contributed by atoms with van der Waals surface area (Å²) in [6.07, 6.45) is 10.3. The molecule has 2 aliphatic rings. The molecule has 2 aliphatic carbocycles. The third-order valence-electron chi connectivity index (χ3n) is 2.32. The Morgan fingerprint density at radius 1 is 1.19 bits per heavy atom. The lowest BCUT2D eigenvalue weighted by Gasteiger charge is -1.93. The van der Waals surface area contributed by atoms with Gasteiger partial charge in [-0.05, 0) is 12.2 Å². The Hall–Kier alpha value is -2.28. The number of hydrogen-bond donors (Lipinski definition) is 1. The molecule has 0 amide bonds. The van der Waals surface area contributed by atoms with Gasteiger partial charge >= 0.3 is 0 Å². The minimum absolute atomic E-state index is 0.0291. The van der Waals surface area contributed by atoms with Crippen molar-refractivity contribution in [2.45, 2.75) is 0 Å². The first-order valence-electron chi connectivity index (χ1n) is 4.86. The van der Waals surface area contributed by atoms with E-state index < -0.39 is 4.92 Å². The summed E-state index contributed by atoms with van der Waals surface area (Å²) in [5.74, 6) is 5.83. The van der Waals surface area contributed by atoms with Crippen molar-refractivity contribution in [3.8, 4) is 11.8 Å². The van der Waals surface area contributed by atoms with Crippen LogP contribution in [0.1, 0.15) is 0 Å². The van der Waals surface area contributed by atoms with Gasteiger partial charge in [-0.15, -0.1) is 0 Å². The highest BCUT2D eigenvalue weighted by molar-refractivity contribution is 5.36. The number of rotatable bonds is 1. The Morgan fingerprint density at radius 2 is 1.81 bits per heavy atom. The van der Waals surface area contributed by atoms with Gasteiger partial charge in [-0.25, -0.2) is 0 Å². The lowest BCUT2D eigenvalue weighted by atomic mass is 10.1. The van der Waals surface area contributed by atoms with Crippen molar-refractivity contribution in [2.24, 2.45) is 17.6 Å². The summed E-state index contributed by atoms with van der Waals surface area (Å²) < 4.78 is 0. The maximum Gasteiger partial charge on any atom is 0.266 e. The fourth-order valence-corrected chi connectivity index (χ4v) is 1.52. The van der Waals surface area contributed by atoms with Crippen molar-refractivity contribution in [3.63, 3.8) is 0 Å². The maximum absolute atomic E-state index is 10.5. The number of nitro groups is 1. The first kappa shape index (κ1) is 10.2. The maximum atomic E-state index is 10.5. The Labute approximate surface area is 93.0 Å². The van der Waals surface area contributed by atoms with Crippen LogP contribution < -0.4 is 5.73 Å². The molecule has 0 aromatic heterocycles. The first-order valence-corrected chi connectivity index (χ1v) is 4.86. The van der Waals surface area contributed by atoms with Gasteiger partial charge in [0.2, 0.25) is 0 Å². The third-order valence-corrected chi connectivity index (χ3v) is 2.32. The molecule has 0 aromatic rings. The van der Waals surface area contributed by atoms with E-state index >= 15 is 0 Å². The molecule has 0 saturated carbocycles. The highest BCUT2D eigenvalue weighted by atomic mass is 16.6. The van der Waals surface area contributed by atoms with Crippen molar-refractivity contribution in [3.05, 3.63) is 58.0 Å². The summed E-state index contributed by atoms with van der Waals surface area (Å²) in [5.41, 5.74) is 6.38. The smallest absolute Gasteiger partial charge is 0.266 e. The summed E-state index contributed by atoms with van der Waals surface area (Å²) in [4.78, 5) is 10.0. The van der Waals surface area contributed by atoms with Gasteiger partial charge in [-0.1, -0.05) is 24.0 Å². The average molecular weight is 214 g/mol. The molecule has 16 heavy (non-hydrogen) atoms. The van der Waals surface area contributed by atoms with E-state index in [1.54, 1.807) is 12.2 Å². The van der Waals surface area contributed by atoms with Gasteiger partial charge in [0.25, 0.3) is 5.70 Å². The molecular formula is C12H10N2O2.